The highest BCUT2D eigenvalue weighted by Gasteiger charge is 2.51. The molecule has 4 fully saturated rings. The van der Waals surface area contributed by atoms with Gasteiger partial charge in [-0.1, -0.05) is 75.9 Å². The molecule has 0 spiro atoms. The van der Waals surface area contributed by atoms with Crippen LogP contribution in [0.4, 0.5) is 4.39 Å². The van der Waals surface area contributed by atoms with Gasteiger partial charge in [-0.05, 0) is 135 Å². The van der Waals surface area contributed by atoms with Gasteiger partial charge in [-0.3, -0.25) is 9.48 Å². The molecule has 3 saturated carbocycles. The number of benzene rings is 2. The molecule has 1 aliphatic heterocycles. The molecule has 5 unspecified atom stereocenters. The van der Waals surface area contributed by atoms with Crippen molar-refractivity contribution < 1.29 is 14.3 Å². The largest absolute Gasteiger partial charge is 0.481 e. The molecule has 3 aromatic rings. The lowest BCUT2D eigenvalue weighted by Gasteiger charge is -2.35. The number of aliphatic carboxylic acids is 1. The molecule has 0 amide bonds. The number of likely N-dealkylation sites (tertiary alicyclic amines) is 1. The molecule has 1 aromatic heterocycles. The van der Waals surface area contributed by atoms with Gasteiger partial charge in [-0.15, -0.1) is 0 Å². The van der Waals surface area contributed by atoms with Gasteiger partial charge in [0.05, 0.1) is 11.6 Å². The van der Waals surface area contributed by atoms with E-state index in [4.69, 9.17) is 5.10 Å². The summed E-state index contributed by atoms with van der Waals surface area (Å²) in [4.78, 5) is 15.7. The molecule has 5 nitrogen and oxygen atoms in total. The quantitative estimate of drug-likeness (QED) is 0.197. The fourth-order valence-electron chi connectivity index (χ4n) is 10.4. The van der Waals surface area contributed by atoms with Crippen LogP contribution in [0.15, 0.2) is 54.6 Å². The Hall–Kier alpha value is -2.99. The molecule has 4 aliphatic rings. The summed E-state index contributed by atoms with van der Waals surface area (Å²) < 4.78 is 16.8. The van der Waals surface area contributed by atoms with Gasteiger partial charge >= 0.3 is 5.97 Å². The smallest absolute Gasteiger partial charge is 0.307 e. The van der Waals surface area contributed by atoms with Crippen molar-refractivity contribution in [3.63, 3.8) is 0 Å². The zero-order chi connectivity index (χ0) is 34.1. The third-order valence-electron chi connectivity index (χ3n) is 13.0. The summed E-state index contributed by atoms with van der Waals surface area (Å²) in [5.41, 5.74) is 6.28. The Morgan fingerprint density at radius 1 is 0.918 bits per heavy atom. The first-order valence-electron chi connectivity index (χ1n) is 19.6. The van der Waals surface area contributed by atoms with Crippen molar-refractivity contribution in [2.75, 3.05) is 19.6 Å². The summed E-state index contributed by atoms with van der Waals surface area (Å²) in [6.07, 6.45) is 12.2. The molecule has 0 radical (unpaired) electrons. The SMILES string of the molecule is CCn1nc(Cc2ccc(C(C)C)cc2)cc1C1CCN(CC2CC(C(C(=O)O)C(C3CCCC3)C3CC3)CC2c2cccc(F)c2)CC1. The van der Waals surface area contributed by atoms with Crippen molar-refractivity contribution in [1.29, 1.82) is 0 Å². The summed E-state index contributed by atoms with van der Waals surface area (Å²) in [5.74, 6) is 2.22. The van der Waals surface area contributed by atoms with Gasteiger partial charge in [0, 0.05) is 31.1 Å². The van der Waals surface area contributed by atoms with Gasteiger partial charge < -0.3 is 10.0 Å². The molecule has 6 heteroatoms. The van der Waals surface area contributed by atoms with E-state index in [-0.39, 0.29) is 23.6 Å². The normalized spacial score (nSPS) is 25.3. The van der Waals surface area contributed by atoms with E-state index < -0.39 is 5.97 Å². The Balaban J connectivity index is 1.03. The van der Waals surface area contributed by atoms with E-state index in [0.717, 1.165) is 69.5 Å². The lowest BCUT2D eigenvalue weighted by atomic mass is 9.70. The van der Waals surface area contributed by atoms with Crippen molar-refractivity contribution in [2.45, 2.75) is 116 Å². The zero-order valence-corrected chi connectivity index (χ0v) is 30.1. The summed E-state index contributed by atoms with van der Waals surface area (Å²) in [5, 5.41) is 15.8. The number of aryl methyl sites for hydroxylation is 1. The monoisotopic (exact) mass is 667 g/mol. The van der Waals surface area contributed by atoms with E-state index in [0.29, 0.717) is 35.5 Å². The number of hydrogen-bond acceptors (Lipinski definition) is 3. The maximum Gasteiger partial charge on any atom is 0.307 e. The van der Waals surface area contributed by atoms with Crippen LogP contribution in [0.2, 0.25) is 0 Å². The van der Waals surface area contributed by atoms with Gasteiger partial charge in [0.1, 0.15) is 5.82 Å². The Labute approximate surface area is 293 Å². The Bertz CT molecular complexity index is 1550. The minimum absolute atomic E-state index is 0.165. The molecule has 1 saturated heterocycles. The maximum atomic E-state index is 14.6. The highest BCUT2D eigenvalue weighted by molar-refractivity contribution is 5.71. The van der Waals surface area contributed by atoms with Gasteiger partial charge in [0.15, 0.2) is 0 Å². The van der Waals surface area contributed by atoms with Gasteiger partial charge in [-0.2, -0.15) is 5.10 Å². The molecule has 3 aliphatic carbocycles. The van der Waals surface area contributed by atoms with Gasteiger partial charge in [-0.25, -0.2) is 4.39 Å². The number of rotatable bonds is 13. The number of carboxylic acid groups (broad SMARTS) is 1. The van der Waals surface area contributed by atoms with E-state index >= 15 is 0 Å². The van der Waals surface area contributed by atoms with Crippen molar-refractivity contribution in [2.24, 2.45) is 35.5 Å². The van der Waals surface area contributed by atoms with Crippen LogP contribution >= 0.6 is 0 Å². The van der Waals surface area contributed by atoms with Crippen molar-refractivity contribution >= 4 is 5.97 Å². The number of halogens is 1. The number of nitrogens with zero attached hydrogens (tertiary/aromatic N) is 3. The van der Waals surface area contributed by atoms with Crippen molar-refractivity contribution in [3.8, 4) is 0 Å². The summed E-state index contributed by atoms with van der Waals surface area (Å²) >= 11 is 0. The molecule has 0 bridgehead atoms. The minimum Gasteiger partial charge on any atom is -0.481 e. The van der Waals surface area contributed by atoms with Crippen molar-refractivity contribution in [3.05, 3.63) is 88.5 Å². The molecule has 1 N–H and O–H groups in total. The number of piperidine rings is 1. The highest BCUT2D eigenvalue weighted by Crippen LogP contribution is 2.55. The van der Waals surface area contributed by atoms with E-state index in [1.807, 2.05) is 6.07 Å². The van der Waals surface area contributed by atoms with Crippen molar-refractivity contribution in [1.82, 2.24) is 14.7 Å². The molecule has 49 heavy (non-hydrogen) atoms. The first kappa shape index (κ1) is 34.5. The molecule has 2 aromatic carbocycles. The molecule has 264 valence electrons. The minimum atomic E-state index is -0.576. The molecule has 7 rings (SSSR count). The third-order valence-corrected chi connectivity index (χ3v) is 13.0. The number of hydrogen-bond donors (Lipinski definition) is 1. The van der Waals surface area contributed by atoms with Crippen LogP contribution in [-0.2, 0) is 17.8 Å². The first-order chi connectivity index (χ1) is 23.8. The Morgan fingerprint density at radius 3 is 2.27 bits per heavy atom. The van der Waals surface area contributed by atoms with E-state index in [2.05, 4.69) is 66.8 Å². The number of carbonyl (C=O) groups is 1. The Morgan fingerprint density at radius 2 is 1.63 bits per heavy atom. The van der Waals surface area contributed by atoms with Crippen LogP contribution < -0.4 is 0 Å². The molecule has 2 heterocycles. The van der Waals surface area contributed by atoms with Crippen LogP contribution in [-0.4, -0.2) is 45.4 Å². The van der Waals surface area contributed by atoms with Crippen LogP contribution in [0.25, 0.3) is 0 Å². The number of carboxylic acids is 1. The average molecular weight is 668 g/mol. The lowest BCUT2D eigenvalue weighted by molar-refractivity contribution is -0.147. The fourth-order valence-corrected chi connectivity index (χ4v) is 10.4. The zero-order valence-electron chi connectivity index (χ0n) is 30.1. The lowest BCUT2D eigenvalue weighted by Crippen LogP contribution is -2.38. The standard InChI is InChI=1S/C43H58FN3O2/c1-4-47-40(26-38(45-47)22-29-12-14-30(15-13-29)28(2)3)31-18-20-46(21-19-31)27-36-23-35(25-39(36)34-10-7-11-37(44)24-34)42(43(48)49)41(33-16-17-33)32-8-5-6-9-32/h7,10-15,24,26,28,31-33,35-36,39,41-42H,4-6,8-9,16-23,25,27H2,1-3H3,(H,48,49). The van der Waals surface area contributed by atoms with Crippen LogP contribution in [0.3, 0.4) is 0 Å². The molecular weight excluding hydrogens is 609 g/mol. The molecular formula is C43H58FN3O2. The second-order valence-electron chi connectivity index (χ2n) is 16.5. The first-order valence-corrected chi connectivity index (χ1v) is 19.6. The van der Waals surface area contributed by atoms with E-state index in [1.165, 1.54) is 61.4 Å². The second-order valence-corrected chi connectivity index (χ2v) is 16.5. The van der Waals surface area contributed by atoms with Gasteiger partial charge in [0.25, 0.3) is 0 Å². The third kappa shape index (κ3) is 7.85. The maximum absolute atomic E-state index is 14.6. The summed E-state index contributed by atoms with van der Waals surface area (Å²) in [7, 11) is 0. The Kier molecular flexibility index (Phi) is 10.6. The summed E-state index contributed by atoms with van der Waals surface area (Å²) in [6, 6.07) is 18.5. The predicted molar refractivity (Wildman–Crippen MR) is 194 cm³/mol. The highest BCUT2D eigenvalue weighted by atomic mass is 19.1. The van der Waals surface area contributed by atoms with Crippen LogP contribution in [0.5, 0.6) is 0 Å². The van der Waals surface area contributed by atoms with E-state index in [1.54, 1.807) is 6.07 Å². The van der Waals surface area contributed by atoms with Crippen LogP contribution in [0, 0.1) is 41.3 Å². The average Bonchev–Trinajstić information content (AvgIpc) is 3.42. The van der Waals surface area contributed by atoms with E-state index in [9.17, 15) is 14.3 Å². The second kappa shape index (κ2) is 15.1. The fraction of sp³-hybridized carbons (Fsp3) is 0.628. The predicted octanol–water partition coefficient (Wildman–Crippen LogP) is 9.66. The topological polar surface area (TPSA) is 58.4 Å². The van der Waals surface area contributed by atoms with Gasteiger partial charge in [0.2, 0.25) is 0 Å². The summed E-state index contributed by atoms with van der Waals surface area (Å²) in [6.45, 7) is 10.6. The molecule has 5 atom stereocenters. The van der Waals surface area contributed by atoms with Crippen LogP contribution in [0.1, 0.15) is 131 Å². The number of aromatic nitrogens is 2.